The molecular formula is C13H12N2S. The molecule has 0 spiro atoms. The molecular weight excluding hydrogens is 216 g/mol. The third kappa shape index (κ3) is 1.58. The van der Waals surface area contributed by atoms with E-state index in [9.17, 15) is 0 Å². The van der Waals surface area contributed by atoms with Gasteiger partial charge in [-0.3, -0.25) is 0 Å². The molecule has 0 saturated carbocycles. The highest BCUT2D eigenvalue weighted by Crippen LogP contribution is 2.39. The van der Waals surface area contributed by atoms with Crippen molar-refractivity contribution in [2.45, 2.75) is 13.8 Å². The van der Waals surface area contributed by atoms with Crippen LogP contribution in [-0.4, -0.2) is 0 Å². The molecule has 3 heteroatoms. The van der Waals surface area contributed by atoms with Crippen LogP contribution in [0.5, 0.6) is 0 Å². The van der Waals surface area contributed by atoms with Crippen LogP contribution in [0.15, 0.2) is 24.3 Å². The monoisotopic (exact) mass is 228 g/mol. The lowest BCUT2D eigenvalue weighted by Gasteiger charge is -2.06. The van der Waals surface area contributed by atoms with Crippen molar-refractivity contribution in [3.8, 4) is 17.2 Å². The third-order valence-corrected chi connectivity index (χ3v) is 3.66. The zero-order valence-electron chi connectivity index (χ0n) is 9.24. The second kappa shape index (κ2) is 3.99. The Morgan fingerprint density at radius 1 is 1.25 bits per heavy atom. The predicted molar refractivity (Wildman–Crippen MR) is 68.4 cm³/mol. The number of nitrogens with zero attached hydrogens (tertiary/aromatic N) is 1. The van der Waals surface area contributed by atoms with E-state index in [1.807, 2.05) is 25.1 Å². The van der Waals surface area contributed by atoms with Crippen LogP contribution < -0.4 is 5.73 Å². The average Bonchev–Trinajstić information content (AvgIpc) is 2.55. The molecule has 0 saturated heterocycles. The fourth-order valence-electron chi connectivity index (χ4n) is 1.83. The summed E-state index contributed by atoms with van der Waals surface area (Å²) in [4.78, 5) is 1.71. The van der Waals surface area contributed by atoms with Gasteiger partial charge in [0.25, 0.3) is 0 Å². The Labute approximate surface area is 99.0 Å². The molecule has 2 rings (SSSR count). The number of benzene rings is 1. The second-order valence-corrected chi connectivity index (χ2v) is 4.93. The lowest BCUT2D eigenvalue weighted by molar-refractivity contribution is 1.45. The Morgan fingerprint density at radius 3 is 2.50 bits per heavy atom. The summed E-state index contributed by atoms with van der Waals surface area (Å²) in [5.41, 5.74) is 9.93. The molecule has 0 atom stereocenters. The zero-order valence-corrected chi connectivity index (χ0v) is 10.1. The maximum atomic E-state index is 8.95. The summed E-state index contributed by atoms with van der Waals surface area (Å²) in [7, 11) is 0. The number of nitrogen functional groups attached to an aromatic ring is 1. The molecule has 0 amide bonds. The summed E-state index contributed by atoms with van der Waals surface area (Å²) < 4.78 is 0. The van der Waals surface area contributed by atoms with Gasteiger partial charge in [0.15, 0.2) is 0 Å². The fourth-order valence-corrected chi connectivity index (χ4v) is 2.72. The van der Waals surface area contributed by atoms with Gasteiger partial charge in [-0.25, -0.2) is 0 Å². The van der Waals surface area contributed by atoms with Crippen LogP contribution in [0.2, 0.25) is 0 Å². The summed E-state index contributed by atoms with van der Waals surface area (Å²) in [6, 6.07) is 10.2. The van der Waals surface area contributed by atoms with Gasteiger partial charge in [-0.1, -0.05) is 24.3 Å². The van der Waals surface area contributed by atoms with Gasteiger partial charge in [0.05, 0.1) is 5.69 Å². The Morgan fingerprint density at radius 2 is 1.94 bits per heavy atom. The van der Waals surface area contributed by atoms with E-state index in [1.54, 1.807) is 0 Å². The van der Waals surface area contributed by atoms with Gasteiger partial charge in [0.2, 0.25) is 0 Å². The number of aryl methyl sites for hydroxylation is 2. The standard InChI is InChI=1S/C13H12N2S/c1-8-5-3-4-6-10(8)12-9(2)16-11(7-14)13(12)15/h3-6H,15H2,1-2H3. The maximum absolute atomic E-state index is 8.95. The molecule has 1 aromatic carbocycles. The lowest BCUT2D eigenvalue weighted by atomic mass is 10.00. The normalized spacial score (nSPS) is 10.1. The van der Waals surface area contributed by atoms with E-state index >= 15 is 0 Å². The van der Waals surface area contributed by atoms with Crippen molar-refractivity contribution in [2.24, 2.45) is 0 Å². The first-order valence-corrected chi connectivity index (χ1v) is 5.81. The number of hydrogen-bond acceptors (Lipinski definition) is 3. The van der Waals surface area contributed by atoms with Gasteiger partial charge in [0, 0.05) is 10.4 Å². The van der Waals surface area contributed by atoms with Gasteiger partial charge < -0.3 is 5.73 Å². The van der Waals surface area contributed by atoms with Crippen molar-refractivity contribution in [2.75, 3.05) is 5.73 Å². The molecule has 2 N–H and O–H groups in total. The molecule has 16 heavy (non-hydrogen) atoms. The summed E-state index contributed by atoms with van der Waals surface area (Å²) in [6.07, 6.45) is 0. The molecule has 0 aliphatic carbocycles. The van der Waals surface area contributed by atoms with Gasteiger partial charge >= 0.3 is 0 Å². The Balaban J connectivity index is 2.71. The molecule has 2 aromatic rings. The van der Waals surface area contributed by atoms with E-state index in [0.29, 0.717) is 10.6 Å². The highest BCUT2D eigenvalue weighted by Gasteiger charge is 2.15. The van der Waals surface area contributed by atoms with Crippen molar-refractivity contribution < 1.29 is 0 Å². The summed E-state index contributed by atoms with van der Waals surface area (Å²) in [5, 5.41) is 8.95. The molecule has 80 valence electrons. The molecule has 0 unspecified atom stereocenters. The first-order chi connectivity index (χ1) is 7.65. The maximum Gasteiger partial charge on any atom is 0.128 e. The Bertz CT molecular complexity index is 576. The first kappa shape index (κ1) is 10.7. The van der Waals surface area contributed by atoms with E-state index < -0.39 is 0 Å². The zero-order chi connectivity index (χ0) is 11.7. The van der Waals surface area contributed by atoms with Crippen LogP contribution in [0.3, 0.4) is 0 Å². The van der Waals surface area contributed by atoms with Crippen molar-refractivity contribution in [3.05, 3.63) is 39.6 Å². The number of nitriles is 1. The quantitative estimate of drug-likeness (QED) is 0.812. The Hall–Kier alpha value is -1.79. The number of hydrogen-bond donors (Lipinski definition) is 1. The van der Waals surface area contributed by atoms with Gasteiger partial charge in [-0.15, -0.1) is 11.3 Å². The molecule has 0 aliphatic rings. The highest BCUT2D eigenvalue weighted by atomic mass is 32.1. The molecule has 2 nitrogen and oxygen atoms in total. The van der Waals surface area contributed by atoms with E-state index in [2.05, 4.69) is 19.1 Å². The van der Waals surface area contributed by atoms with Crippen LogP contribution in [0.1, 0.15) is 15.3 Å². The van der Waals surface area contributed by atoms with Crippen LogP contribution in [0, 0.1) is 25.2 Å². The van der Waals surface area contributed by atoms with Crippen molar-refractivity contribution in [1.29, 1.82) is 5.26 Å². The molecule has 1 heterocycles. The smallest absolute Gasteiger partial charge is 0.128 e. The summed E-state index contributed by atoms with van der Waals surface area (Å²) >= 11 is 1.46. The van der Waals surface area contributed by atoms with Crippen molar-refractivity contribution in [1.82, 2.24) is 0 Å². The molecule has 1 aromatic heterocycles. The average molecular weight is 228 g/mol. The number of thiophene rings is 1. The minimum Gasteiger partial charge on any atom is -0.396 e. The molecule has 0 fully saturated rings. The minimum absolute atomic E-state index is 0.607. The van der Waals surface area contributed by atoms with Crippen molar-refractivity contribution in [3.63, 3.8) is 0 Å². The number of rotatable bonds is 1. The van der Waals surface area contributed by atoms with E-state index in [1.165, 1.54) is 16.9 Å². The van der Waals surface area contributed by atoms with E-state index in [4.69, 9.17) is 11.0 Å². The predicted octanol–water partition coefficient (Wildman–Crippen LogP) is 3.49. The van der Waals surface area contributed by atoms with Gasteiger partial charge in [-0.05, 0) is 25.0 Å². The second-order valence-electron chi connectivity index (χ2n) is 3.70. The van der Waals surface area contributed by atoms with Crippen LogP contribution >= 0.6 is 11.3 Å². The van der Waals surface area contributed by atoms with Crippen molar-refractivity contribution >= 4 is 17.0 Å². The summed E-state index contributed by atoms with van der Waals surface area (Å²) in [6.45, 7) is 4.06. The summed E-state index contributed by atoms with van der Waals surface area (Å²) in [5.74, 6) is 0. The van der Waals surface area contributed by atoms with Gasteiger partial charge in [0.1, 0.15) is 10.9 Å². The first-order valence-electron chi connectivity index (χ1n) is 5.00. The lowest BCUT2D eigenvalue weighted by Crippen LogP contribution is -1.90. The van der Waals surface area contributed by atoms with Crippen LogP contribution in [-0.2, 0) is 0 Å². The Kier molecular flexibility index (Phi) is 2.67. The highest BCUT2D eigenvalue weighted by molar-refractivity contribution is 7.13. The van der Waals surface area contributed by atoms with Crippen LogP contribution in [0.25, 0.3) is 11.1 Å². The third-order valence-electron chi connectivity index (χ3n) is 2.64. The van der Waals surface area contributed by atoms with Crippen LogP contribution in [0.4, 0.5) is 5.69 Å². The SMILES string of the molecule is Cc1ccccc1-c1c(C)sc(C#N)c1N. The number of anilines is 1. The van der Waals surface area contributed by atoms with E-state index in [0.717, 1.165) is 16.0 Å². The van der Waals surface area contributed by atoms with E-state index in [-0.39, 0.29) is 0 Å². The fraction of sp³-hybridized carbons (Fsp3) is 0.154. The molecule has 0 bridgehead atoms. The minimum atomic E-state index is 0.607. The topological polar surface area (TPSA) is 49.8 Å². The molecule has 0 aliphatic heterocycles. The number of nitrogens with two attached hydrogens (primary N) is 1. The molecule has 0 radical (unpaired) electrons. The largest absolute Gasteiger partial charge is 0.396 e. The van der Waals surface area contributed by atoms with Gasteiger partial charge in [-0.2, -0.15) is 5.26 Å².